The molecule has 0 unspecified atom stereocenters. The molecule has 104 valence electrons. The van der Waals surface area contributed by atoms with Crippen molar-refractivity contribution in [3.8, 4) is 0 Å². The third-order valence-electron chi connectivity index (χ3n) is 4.11. The molecule has 19 heavy (non-hydrogen) atoms. The van der Waals surface area contributed by atoms with Crippen LogP contribution in [0.4, 0.5) is 4.39 Å². The number of hydrogen-bond donors (Lipinski definition) is 0. The van der Waals surface area contributed by atoms with Gasteiger partial charge in [0.25, 0.3) is 0 Å². The Labute approximate surface area is 122 Å². The van der Waals surface area contributed by atoms with Gasteiger partial charge < -0.3 is 0 Å². The first-order valence-corrected chi connectivity index (χ1v) is 7.90. The highest BCUT2D eigenvalue weighted by molar-refractivity contribution is 9.10. The zero-order chi connectivity index (χ0) is 13.8. The summed E-state index contributed by atoms with van der Waals surface area (Å²) in [4.78, 5) is 12.4. The van der Waals surface area contributed by atoms with Crippen LogP contribution in [0.2, 0.25) is 0 Å². The van der Waals surface area contributed by atoms with E-state index in [0.717, 1.165) is 36.1 Å². The summed E-state index contributed by atoms with van der Waals surface area (Å²) in [6.45, 7) is 2.20. The monoisotopic (exact) mass is 326 g/mol. The van der Waals surface area contributed by atoms with Crippen molar-refractivity contribution >= 4 is 21.7 Å². The van der Waals surface area contributed by atoms with Crippen molar-refractivity contribution in [2.75, 3.05) is 0 Å². The Kier molecular flexibility index (Phi) is 5.14. The first-order chi connectivity index (χ1) is 9.11. The van der Waals surface area contributed by atoms with Gasteiger partial charge in [0.1, 0.15) is 5.82 Å². The van der Waals surface area contributed by atoms with E-state index in [2.05, 4.69) is 22.9 Å². The van der Waals surface area contributed by atoms with E-state index < -0.39 is 5.82 Å². The predicted molar refractivity (Wildman–Crippen MR) is 78.8 cm³/mol. The van der Waals surface area contributed by atoms with Gasteiger partial charge in [0.2, 0.25) is 0 Å². The van der Waals surface area contributed by atoms with Crippen LogP contribution in [0.1, 0.15) is 55.8 Å². The average Bonchev–Trinajstić information content (AvgIpc) is 2.42. The van der Waals surface area contributed by atoms with Crippen LogP contribution in [-0.2, 0) is 0 Å². The van der Waals surface area contributed by atoms with E-state index in [-0.39, 0.29) is 17.3 Å². The summed E-state index contributed by atoms with van der Waals surface area (Å²) in [5.41, 5.74) is 0.244. The van der Waals surface area contributed by atoms with Gasteiger partial charge in [-0.25, -0.2) is 4.39 Å². The van der Waals surface area contributed by atoms with Crippen LogP contribution in [0.15, 0.2) is 22.7 Å². The number of halogens is 2. The Morgan fingerprint density at radius 2 is 2.00 bits per heavy atom. The minimum atomic E-state index is -0.399. The molecule has 1 aromatic rings. The molecule has 0 spiro atoms. The van der Waals surface area contributed by atoms with E-state index >= 15 is 0 Å². The first kappa shape index (κ1) is 14.7. The highest BCUT2D eigenvalue weighted by Gasteiger charge is 2.28. The molecular formula is C16H20BrFO. The van der Waals surface area contributed by atoms with Crippen LogP contribution in [0.25, 0.3) is 0 Å². The Bertz CT molecular complexity index is 450. The number of Topliss-reactive ketones (excluding diaryl/α,β-unsaturated/α-hetero) is 1. The van der Waals surface area contributed by atoms with Crippen LogP contribution in [0.5, 0.6) is 0 Å². The maximum absolute atomic E-state index is 13.7. The quantitative estimate of drug-likeness (QED) is 0.679. The number of carbonyl (C=O) groups is 1. The normalized spacial score (nSPS) is 23.3. The molecule has 0 aromatic heterocycles. The molecule has 1 aromatic carbocycles. The molecule has 0 aliphatic heterocycles. The lowest BCUT2D eigenvalue weighted by molar-refractivity contribution is 0.0865. The molecule has 2 rings (SSSR count). The zero-order valence-electron chi connectivity index (χ0n) is 11.3. The largest absolute Gasteiger partial charge is 0.294 e. The van der Waals surface area contributed by atoms with Crippen LogP contribution < -0.4 is 0 Å². The van der Waals surface area contributed by atoms with Gasteiger partial charge in [-0.2, -0.15) is 0 Å². The lowest BCUT2D eigenvalue weighted by atomic mass is 9.77. The van der Waals surface area contributed by atoms with Crippen molar-refractivity contribution in [3.63, 3.8) is 0 Å². The third-order valence-corrected chi connectivity index (χ3v) is 4.60. The van der Waals surface area contributed by atoms with Crippen LogP contribution in [0, 0.1) is 17.7 Å². The van der Waals surface area contributed by atoms with Crippen LogP contribution in [-0.4, -0.2) is 5.78 Å². The van der Waals surface area contributed by atoms with Crippen LogP contribution in [0.3, 0.4) is 0 Å². The molecule has 1 fully saturated rings. The second-order valence-electron chi connectivity index (χ2n) is 5.49. The van der Waals surface area contributed by atoms with Gasteiger partial charge in [0, 0.05) is 10.4 Å². The molecule has 1 aliphatic rings. The number of ketones is 1. The van der Waals surface area contributed by atoms with Crippen molar-refractivity contribution in [1.29, 1.82) is 0 Å². The first-order valence-electron chi connectivity index (χ1n) is 7.11. The lowest BCUT2D eigenvalue weighted by Gasteiger charge is -2.27. The molecule has 0 bridgehead atoms. The Balaban J connectivity index is 2.03. The fourth-order valence-corrected chi connectivity index (χ4v) is 3.39. The standard InChI is InChI=1S/C16H20BrFO/c1-2-3-11-4-6-12(7-5-11)16(19)14-10-13(17)8-9-15(14)18/h8-12H,2-7H2,1H3. The van der Waals surface area contributed by atoms with E-state index in [9.17, 15) is 9.18 Å². The second kappa shape index (κ2) is 6.65. The van der Waals surface area contributed by atoms with E-state index in [0.29, 0.717) is 0 Å². The summed E-state index contributed by atoms with van der Waals surface area (Å²) in [5.74, 6) is 0.357. The molecule has 0 radical (unpaired) electrons. The van der Waals surface area contributed by atoms with Gasteiger partial charge in [-0.3, -0.25) is 4.79 Å². The van der Waals surface area contributed by atoms with Crippen LogP contribution >= 0.6 is 15.9 Å². The summed E-state index contributed by atoms with van der Waals surface area (Å²) in [6.07, 6.45) is 6.51. The molecule has 1 saturated carbocycles. The molecule has 1 nitrogen and oxygen atoms in total. The Morgan fingerprint density at radius 1 is 1.32 bits per heavy atom. The number of hydrogen-bond acceptors (Lipinski definition) is 1. The molecule has 0 N–H and O–H groups in total. The molecule has 0 heterocycles. The Hall–Kier alpha value is -0.700. The van der Waals surface area contributed by atoms with Gasteiger partial charge >= 0.3 is 0 Å². The zero-order valence-corrected chi connectivity index (χ0v) is 12.9. The molecular weight excluding hydrogens is 307 g/mol. The van der Waals surface area contributed by atoms with E-state index in [1.807, 2.05) is 0 Å². The Morgan fingerprint density at radius 3 is 2.63 bits per heavy atom. The third kappa shape index (κ3) is 3.65. The van der Waals surface area contributed by atoms with E-state index in [1.165, 1.54) is 18.9 Å². The molecule has 0 saturated heterocycles. The SMILES string of the molecule is CCCC1CCC(C(=O)c2cc(Br)ccc2F)CC1. The number of benzene rings is 1. The van der Waals surface area contributed by atoms with E-state index in [1.54, 1.807) is 12.1 Å². The minimum Gasteiger partial charge on any atom is -0.294 e. The van der Waals surface area contributed by atoms with Gasteiger partial charge in [-0.15, -0.1) is 0 Å². The predicted octanol–water partition coefficient (Wildman–Crippen LogP) is 5.38. The minimum absolute atomic E-state index is 0.0110. The van der Waals surface area contributed by atoms with Crippen molar-refractivity contribution in [2.45, 2.75) is 45.4 Å². The number of rotatable bonds is 4. The second-order valence-corrected chi connectivity index (χ2v) is 6.41. The highest BCUT2D eigenvalue weighted by Crippen LogP contribution is 2.34. The van der Waals surface area contributed by atoms with Gasteiger partial charge in [-0.1, -0.05) is 35.7 Å². The van der Waals surface area contributed by atoms with Crippen molar-refractivity contribution in [1.82, 2.24) is 0 Å². The van der Waals surface area contributed by atoms with Gasteiger partial charge in [-0.05, 0) is 49.8 Å². The molecule has 0 amide bonds. The lowest BCUT2D eigenvalue weighted by Crippen LogP contribution is -2.22. The fourth-order valence-electron chi connectivity index (χ4n) is 3.03. The maximum Gasteiger partial charge on any atom is 0.168 e. The van der Waals surface area contributed by atoms with Gasteiger partial charge in [0.15, 0.2) is 5.78 Å². The summed E-state index contributed by atoms with van der Waals surface area (Å²) in [5, 5.41) is 0. The van der Waals surface area contributed by atoms with Gasteiger partial charge in [0.05, 0.1) is 5.56 Å². The van der Waals surface area contributed by atoms with Crippen molar-refractivity contribution in [2.24, 2.45) is 11.8 Å². The summed E-state index contributed by atoms with van der Waals surface area (Å²) < 4.78 is 14.5. The average molecular weight is 327 g/mol. The maximum atomic E-state index is 13.7. The summed E-state index contributed by atoms with van der Waals surface area (Å²) in [7, 11) is 0. The van der Waals surface area contributed by atoms with Crippen molar-refractivity contribution in [3.05, 3.63) is 34.1 Å². The molecule has 3 heteroatoms. The number of carbonyl (C=O) groups excluding carboxylic acids is 1. The highest BCUT2D eigenvalue weighted by atomic mass is 79.9. The fraction of sp³-hybridized carbons (Fsp3) is 0.562. The van der Waals surface area contributed by atoms with E-state index in [4.69, 9.17) is 0 Å². The topological polar surface area (TPSA) is 17.1 Å². The molecule has 1 aliphatic carbocycles. The summed E-state index contributed by atoms with van der Waals surface area (Å²) >= 11 is 3.30. The van der Waals surface area contributed by atoms with Crippen molar-refractivity contribution < 1.29 is 9.18 Å². The summed E-state index contributed by atoms with van der Waals surface area (Å²) in [6, 6.07) is 4.60. The molecule has 0 atom stereocenters. The smallest absolute Gasteiger partial charge is 0.168 e.